The van der Waals surface area contributed by atoms with E-state index in [-0.39, 0.29) is 24.9 Å². The van der Waals surface area contributed by atoms with Crippen LogP contribution in [0.3, 0.4) is 0 Å². The Hall–Kier alpha value is -1.59. The molecule has 0 bridgehead atoms. The highest BCUT2D eigenvalue weighted by atomic mass is 16.2. The predicted molar refractivity (Wildman–Crippen MR) is 64.4 cm³/mol. The second-order valence-corrected chi connectivity index (χ2v) is 4.50. The van der Waals surface area contributed by atoms with Gasteiger partial charge in [0.15, 0.2) is 0 Å². The van der Waals surface area contributed by atoms with Crippen molar-refractivity contribution in [2.75, 3.05) is 19.6 Å². The Bertz CT molecular complexity index is 297. The van der Waals surface area contributed by atoms with Crippen LogP contribution < -0.4 is 5.73 Å². The summed E-state index contributed by atoms with van der Waals surface area (Å²) in [6.45, 7) is 4.54. The summed E-state index contributed by atoms with van der Waals surface area (Å²) >= 11 is 0. The largest absolute Gasteiger partial charge is 0.330 e. The number of nitrogens with zero attached hydrogens (tertiary/aromatic N) is 3. The van der Waals surface area contributed by atoms with Crippen LogP contribution in [0.4, 0.5) is 0 Å². The molecule has 0 heterocycles. The highest BCUT2D eigenvalue weighted by Crippen LogP contribution is 2.15. The Balaban J connectivity index is 4.37. The molecule has 0 saturated heterocycles. The Morgan fingerprint density at radius 2 is 1.82 bits per heavy atom. The summed E-state index contributed by atoms with van der Waals surface area (Å²) in [4.78, 5) is 13.1. The number of hydrogen-bond donors (Lipinski definition) is 1. The van der Waals surface area contributed by atoms with E-state index >= 15 is 0 Å². The summed E-state index contributed by atoms with van der Waals surface area (Å²) in [6, 6.07) is 3.78. The molecule has 0 aromatic heterocycles. The first-order valence-electron chi connectivity index (χ1n) is 5.76. The monoisotopic (exact) mass is 236 g/mol. The quantitative estimate of drug-likeness (QED) is 0.664. The molecule has 5 nitrogen and oxygen atoms in total. The third kappa shape index (κ3) is 6.55. The average molecular weight is 236 g/mol. The van der Waals surface area contributed by atoms with E-state index in [1.165, 1.54) is 4.90 Å². The molecule has 17 heavy (non-hydrogen) atoms. The van der Waals surface area contributed by atoms with Crippen LogP contribution in [0.5, 0.6) is 0 Å². The van der Waals surface area contributed by atoms with E-state index in [4.69, 9.17) is 16.3 Å². The summed E-state index contributed by atoms with van der Waals surface area (Å²) in [6.07, 6.45) is 1.20. The molecular weight excluding hydrogens is 216 g/mol. The SMILES string of the molecule is CC(C)C[C@H](CN)CC(=O)N(CC#N)CC#N. The van der Waals surface area contributed by atoms with E-state index in [0.29, 0.717) is 18.9 Å². The van der Waals surface area contributed by atoms with Crippen LogP contribution in [0.25, 0.3) is 0 Å². The van der Waals surface area contributed by atoms with Gasteiger partial charge >= 0.3 is 0 Å². The molecule has 0 fully saturated rings. The minimum atomic E-state index is -0.163. The zero-order chi connectivity index (χ0) is 13.3. The lowest BCUT2D eigenvalue weighted by molar-refractivity contribution is -0.131. The topological polar surface area (TPSA) is 93.9 Å². The smallest absolute Gasteiger partial charge is 0.224 e. The van der Waals surface area contributed by atoms with Crippen LogP contribution in [0, 0.1) is 34.5 Å². The molecule has 0 aromatic carbocycles. The fourth-order valence-electron chi connectivity index (χ4n) is 1.71. The number of carbonyl (C=O) groups is 1. The predicted octanol–water partition coefficient (Wildman–Crippen LogP) is 0.873. The molecular formula is C12H20N4O. The van der Waals surface area contributed by atoms with Crippen molar-refractivity contribution < 1.29 is 4.79 Å². The Labute approximate surface area is 103 Å². The van der Waals surface area contributed by atoms with Gasteiger partial charge in [-0.25, -0.2) is 0 Å². The maximum Gasteiger partial charge on any atom is 0.224 e. The van der Waals surface area contributed by atoms with E-state index in [0.717, 1.165) is 6.42 Å². The van der Waals surface area contributed by atoms with Crippen molar-refractivity contribution in [2.45, 2.75) is 26.7 Å². The Morgan fingerprint density at radius 1 is 1.29 bits per heavy atom. The fraction of sp³-hybridized carbons (Fsp3) is 0.750. The van der Waals surface area contributed by atoms with Crippen molar-refractivity contribution in [1.82, 2.24) is 4.90 Å². The number of nitriles is 2. The number of carbonyl (C=O) groups excluding carboxylic acids is 1. The first-order chi connectivity index (χ1) is 8.04. The number of nitrogens with two attached hydrogens (primary N) is 1. The molecule has 0 unspecified atom stereocenters. The minimum absolute atomic E-state index is 0.0363. The van der Waals surface area contributed by atoms with Gasteiger partial charge in [-0.05, 0) is 24.8 Å². The standard InChI is InChI=1S/C12H20N4O/c1-10(2)7-11(9-15)8-12(17)16(5-3-13)6-4-14/h10-11H,5-9,15H2,1-2H3/t11-/m0/s1. The van der Waals surface area contributed by atoms with Crippen LogP contribution >= 0.6 is 0 Å². The lowest BCUT2D eigenvalue weighted by Crippen LogP contribution is -2.34. The highest BCUT2D eigenvalue weighted by molar-refractivity contribution is 5.77. The van der Waals surface area contributed by atoms with Crippen molar-refractivity contribution in [2.24, 2.45) is 17.6 Å². The van der Waals surface area contributed by atoms with Gasteiger partial charge in [0.2, 0.25) is 5.91 Å². The summed E-state index contributed by atoms with van der Waals surface area (Å²) in [5.74, 6) is 0.448. The normalized spacial score (nSPS) is 11.6. The number of amides is 1. The molecule has 1 amide bonds. The second-order valence-electron chi connectivity index (χ2n) is 4.50. The van der Waals surface area contributed by atoms with Crippen LogP contribution in [0.2, 0.25) is 0 Å². The van der Waals surface area contributed by atoms with Crippen molar-refractivity contribution in [3.8, 4) is 12.1 Å². The van der Waals surface area contributed by atoms with E-state index < -0.39 is 0 Å². The maximum atomic E-state index is 11.8. The van der Waals surface area contributed by atoms with Crippen LogP contribution in [0.1, 0.15) is 26.7 Å². The number of hydrogen-bond acceptors (Lipinski definition) is 4. The minimum Gasteiger partial charge on any atom is -0.330 e. The first kappa shape index (κ1) is 15.4. The second kappa shape index (κ2) is 8.55. The van der Waals surface area contributed by atoms with E-state index in [9.17, 15) is 4.79 Å². The fourth-order valence-corrected chi connectivity index (χ4v) is 1.71. The molecule has 94 valence electrons. The van der Waals surface area contributed by atoms with Crippen LogP contribution in [-0.2, 0) is 4.79 Å². The third-order valence-corrected chi connectivity index (χ3v) is 2.48. The van der Waals surface area contributed by atoms with Crippen molar-refractivity contribution in [3.63, 3.8) is 0 Å². The lowest BCUT2D eigenvalue weighted by atomic mass is 9.94. The summed E-state index contributed by atoms with van der Waals surface area (Å²) in [5.41, 5.74) is 5.62. The van der Waals surface area contributed by atoms with Gasteiger partial charge in [0, 0.05) is 6.42 Å². The average Bonchev–Trinajstić information content (AvgIpc) is 2.27. The first-order valence-corrected chi connectivity index (χ1v) is 5.76. The summed E-state index contributed by atoms with van der Waals surface area (Å²) in [7, 11) is 0. The molecule has 0 aliphatic carbocycles. The molecule has 0 saturated carbocycles. The lowest BCUT2D eigenvalue weighted by Gasteiger charge is -2.21. The third-order valence-electron chi connectivity index (χ3n) is 2.48. The highest BCUT2D eigenvalue weighted by Gasteiger charge is 2.18. The van der Waals surface area contributed by atoms with Gasteiger partial charge in [0.1, 0.15) is 13.1 Å². The van der Waals surface area contributed by atoms with Gasteiger partial charge in [0.25, 0.3) is 0 Å². The summed E-state index contributed by atoms with van der Waals surface area (Å²) in [5, 5.41) is 17.1. The van der Waals surface area contributed by atoms with Crippen molar-refractivity contribution >= 4 is 5.91 Å². The van der Waals surface area contributed by atoms with Crippen molar-refractivity contribution in [3.05, 3.63) is 0 Å². The van der Waals surface area contributed by atoms with E-state index in [2.05, 4.69) is 13.8 Å². The molecule has 0 aliphatic heterocycles. The maximum absolute atomic E-state index is 11.8. The Kier molecular flexibility index (Phi) is 7.75. The molecule has 0 rings (SSSR count). The van der Waals surface area contributed by atoms with Gasteiger partial charge < -0.3 is 10.6 Å². The molecule has 1 atom stereocenters. The molecule has 0 spiro atoms. The van der Waals surface area contributed by atoms with Crippen molar-refractivity contribution in [1.29, 1.82) is 10.5 Å². The van der Waals surface area contributed by atoms with E-state index in [1.807, 2.05) is 12.1 Å². The van der Waals surface area contributed by atoms with Gasteiger partial charge in [-0.15, -0.1) is 0 Å². The number of rotatable bonds is 7. The van der Waals surface area contributed by atoms with Gasteiger partial charge in [-0.3, -0.25) is 4.79 Å². The molecule has 5 heteroatoms. The van der Waals surface area contributed by atoms with Gasteiger partial charge in [-0.1, -0.05) is 13.8 Å². The summed E-state index contributed by atoms with van der Waals surface area (Å²) < 4.78 is 0. The zero-order valence-corrected chi connectivity index (χ0v) is 10.5. The van der Waals surface area contributed by atoms with Gasteiger partial charge in [0.05, 0.1) is 12.1 Å². The van der Waals surface area contributed by atoms with Crippen LogP contribution in [0.15, 0.2) is 0 Å². The molecule has 0 radical (unpaired) electrons. The molecule has 0 aliphatic rings. The Morgan fingerprint density at radius 3 is 2.18 bits per heavy atom. The van der Waals surface area contributed by atoms with Crippen LogP contribution in [-0.4, -0.2) is 30.4 Å². The molecule has 2 N–H and O–H groups in total. The van der Waals surface area contributed by atoms with E-state index in [1.54, 1.807) is 0 Å². The van der Waals surface area contributed by atoms with Gasteiger partial charge in [-0.2, -0.15) is 10.5 Å². The zero-order valence-electron chi connectivity index (χ0n) is 10.5. The molecule has 0 aromatic rings.